The minimum absolute atomic E-state index is 0.522. The van der Waals surface area contributed by atoms with Gasteiger partial charge in [-0.25, -0.2) is 9.67 Å². The van der Waals surface area contributed by atoms with Crippen molar-refractivity contribution in [1.82, 2.24) is 20.0 Å². The number of nitrogen functional groups attached to an aromatic ring is 1. The van der Waals surface area contributed by atoms with Gasteiger partial charge in [0.05, 0.1) is 11.9 Å². The van der Waals surface area contributed by atoms with E-state index in [0.717, 1.165) is 24.2 Å². The predicted octanol–water partition coefficient (Wildman–Crippen LogP) is 1.33. The van der Waals surface area contributed by atoms with E-state index in [1.807, 2.05) is 10.7 Å². The number of aromatic nitrogens is 4. The maximum Gasteiger partial charge on any atom is 0.123 e. The van der Waals surface area contributed by atoms with E-state index in [-0.39, 0.29) is 0 Å². The Kier molecular flexibility index (Phi) is 2.62. The van der Waals surface area contributed by atoms with Crippen molar-refractivity contribution in [3.8, 4) is 11.3 Å². The van der Waals surface area contributed by atoms with Crippen molar-refractivity contribution in [1.29, 1.82) is 0 Å². The van der Waals surface area contributed by atoms with E-state index in [2.05, 4.69) is 22.2 Å². The summed E-state index contributed by atoms with van der Waals surface area (Å²) in [5.74, 6) is 0.522. The molecule has 2 rings (SSSR count). The summed E-state index contributed by atoms with van der Waals surface area (Å²) in [7, 11) is 0. The minimum atomic E-state index is 0.522. The Hall–Kier alpha value is -1.91. The third-order valence-electron chi connectivity index (χ3n) is 2.14. The molecule has 0 atom stereocenters. The third-order valence-corrected chi connectivity index (χ3v) is 2.14. The molecule has 0 fully saturated rings. The van der Waals surface area contributed by atoms with Crippen molar-refractivity contribution in [2.24, 2.45) is 0 Å². The van der Waals surface area contributed by atoms with E-state index >= 15 is 0 Å². The average molecular weight is 203 g/mol. The van der Waals surface area contributed by atoms with Gasteiger partial charge in [0.2, 0.25) is 0 Å². The van der Waals surface area contributed by atoms with Crippen LogP contribution in [-0.2, 0) is 6.54 Å². The van der Waals surface area contributed by atoms with Gasteiger partial charge in [-0.3, -0.25) is 0 Å². The highest BCUT2D eigenvalue weighted by atomic mass is 15.4. The number of nitrogens with zero attached hydrogens (tertiary/aromatic N) is 4. The lowest BCUT2D eigenvalue weighted by molar-refractivity contribution is 0.584. The smallest absolute Gasteiger partial charge is 0.123 e. The van der Waals surface area contributed by atoms with Gasteiger partial charge < -0.3 is 5.73 Å². The molecular formula is C10H13N5. The molecular weight excluding hydrogens is 190 g/mol. The highest BCUT2D eigenvalue weighted by molar-refractivity contribution is 5.58. The molecule has 2 N–H and O–H groups in total. The molecule has 0 radical (unpaired) electrons. The summed E-state index contributed by atoms with van der Waals surface area (Å²) in [6, 6.07) is 3.70. The van der Waals surface area contributed by atoms with E-state index in [9.17, 15) is 0 Å². The molecule has 0 spiro atoms. The summed E-state index contributed by atoms with van der Waals surface area (Å²) < 4.78 is 1.87. The Labute approximate surface area is 87.9 Å². The van der Waals surface area contributed by atoms with Crippen LogP contribution < -0.4 is 5.73 Å². The SMILES string of the molecule is CCCn1nncc1-c1ccc(N)nc1. The maximum atomic E-state index is 5.53. The largest absolute Gasteiger partial charge is 0.384 e. The van der Waals surface area contributed by atoms with Gasteiger partial charge in [0.25, 0.3) is 0 Å². The van der Waals surface area contributed by atoms with E-state index in [0.29, 0.717) is 5.82 Å². The monoisotopic (exact) mass is 203 g/mol. The lowest BCUT2D eigenvalue weighted by Crippen LogP contribution is -2.01. The fourth-order valence-corrected chi connectivity index (χ4v) is 1.42. The summed E-state index contributed by atoms with van der Waals surface area (Å²) in [5, 5.41) is 7.91. The van der Waals surface area contributed by atoms with Crippen LogP contribution in [0.4, 0.5) is 5.82 Å². The first-order valence-corrected chi connectivity index (χ1v) is 4.91. The van der Waals surface area contributed by atoms with Crippen LogP contribution in [0.3, 0.4) is 0 Å². The van der Waals surface area contributed by atoms with Crippen LogP contribution in [0.25, 0.3) is 11.3 Å². The fraction of sp³-hybridized carbons (Fsp3) is 0.300. The van der Waals surface area contributed by atoms with Crippen molar-refractivity contribution in [2.75, 3.05) is 5.73 Å². The van der Waals surface area contributed by atoms with Gasteiger partial charge >= 0.3 is 0 Å². The van der Waals surface area contributed by atoms with Crippen LogP contribution >= 0.6 is 0 Å². The zero-order chi connectivity index (χ0) is 10.7. The van der Waals surface area contributed by atoms with Crippen LogP contribution in [0, 0.1) is 0 Å². The minimum Gasteiger partial charge on any atom is -0.384 e. The summed E-state index contributed by atoms with van der Waals surface area (Å²) in [4.78, 5) is 4.05. The molecule has 0 aliphatic heterocycles. The number of rotatable bonds is 3. The Balaban J connectivity index is 2.36. The van der Waals surface area contributed by atoms with Crippen molar-refractivity contribution in [3.05, 3.63) is 24.5 Å². The first-order chi connectivity index (χ1) is 7.31. The summed E-state index contributed by atoms with van der Waals surface area (Å²) in [6.07, 6.45) is 4.50. The molecule has 2 aromatic rings. The first kappa shape index (κ1) is 9.64. The second kappa shape index (κ2) is 4.08. The second-order valence-corrected chi connectivity index (χ2v) is 3.31. The average Bonchev–Trinajstić information content (AvgIpc) is 2.68. The summed E-state index contributed by atoms with van der Waals surface area (Å²) >= 11 is 0. The molecule has 0 amide bonds. The highest BCUT2D eigenvalue weighted by Crippen LogP contribution is 2.17. The van der Waals surface area contributed by atoms with Crippen molar-refractivity contribution in [2.45, 2.75) is 19.9 Å². The Morgan fingerprint density at radius 1 is 1.33 bits per heavy atom. The van der Waals surface area contributed by atoms with Gasteiger partial charge in [0.1, 0.15) is 5.82 Å². The molecule has 0 unspecified atom stereocenters. The molecule has 0 aromatic carbocycles. The number of pyridine rings is 1. The number of hydrogen-bond acceptors (Lipinski definition) is 4. The standard InChI is InChI=1S/C10H13N5/c1-2-5-15-9(7-13-14-15)8-3-4-10(11)12-6-8/h3-4,6-7H,2,5H2,1H3,(H2,11,12). The maximum absolute atomic E-state index is 5.53. The predicted molar refractivity (Wildman–Crippen MR) is 58.0 cm³/mol. The summed E-state index contributed by atoms with van der Waals surface area (Å²) in [6.45, 7) is 2.96. The van der Waals surface area contributed by atoms with Gasteiger partial charge in [-0.2, -0.15) is 0 Å². The highest BCUT2D eigenvalue weighted by Gasteiger charge is 2.05. The molecule has 0 saturated carbocycles. The molecule has 15 heavy (non-hydrogen) atoms. The molecule has 2 aromatic heterocycles. The van der Waals surface area contributed by atoms with E-state index in [1.54, 1.807) is 18.5 Å². The van der Waals surface area contributed by atoms with Crippen LogP contribution in [0.2, 0.25) is 0 Å². The Morgan fingerprint density at radius 3 is 2.87 bits per heavy atom. The molecule has 5 nitrogen and oxygen atoms in total. The molecule has 2 heterocycles. The molecule has 5 heteroatoms. The van der Waals surface area contributed by atoms with Crippen LogP contribution in [0.15, 0.2) is 24.5 Å². The molecule has 0 bridgehead atoms. The van der Waals surface area contributed by atoms with Gasteiger partial charge in [-0.1, -0.05) is 12.1 Å². The van der Waals surface area contributed by atoms with Gasteiger partial charge in [-0.15, -0.1) is 5.10 Å². The van der Waals surface area contributed by atoms with Crippen LogP contribution in [0.5, 0.6) is 0 Å². The van der Waals surface area contributed by atoms with E-state index < -0.39 is 0 Å². The lowest BCUT2D eigenvalue weighted by atomic mass is 10.2. The van der Waals surface area contributed by atoms with Crippen LogP contribution in [-0.4, -0.2) is 20.0 Å². The molecule has 78 valence electrons. The lowest BCUT2D eigenvalue weighted by Gasteiger charge is -2.03. The number of anilines is 1. The third kappa shape index (κ3) is 1.96. The van der Waals surface area contributed by atoms with E-state index in [4.69, 9.17) is 5.73 Å². The molecule has 0 saturated heterocycles. The van der Waals surface area contributed by atoms with Crippen molar-refractivity contribution in [3.63, 3.8) is 0 Å². The van der Waals surface area contributed by atoms with Crippen molar-refractivity contribution >= 4 is 5.82 Å². The normalized spacial score (nSPS) is 10.5. The van der Waals surface area contributed by atoms with Crippen LogP contribution in [0.1, 0.15) is 13.3 Å². The summed E-state index contributed by atoms with van der Waals surface area (Å²) in [5.41, 5.74) is 7.49. The number of hydrogen-bond donors (Lipinski definition) is 1. The first-order valence-electron chi connectivity index (χ1n) is 4.91. The zero-order valence-electron chi connectivity index (χ0n) is 8.59. The topological polar surface area (TPSA) is 69.6 Å². The van der Waals surface area contributed by atoms with Gasteiger partial charge in [-0.05, 0) is 18.6 Å². The molecule has 0 aliphatic carbocycles. The van der Waals surface area contributed by atoms with E-state index in [1.165, 1.54) is 0 Å². The Bertz CT molecular complexity index is 431. The number of nitrogens with two attached hydrogens (primary N) is 1. The molecule has 0 aliphatic rings. The Morgan fingerprint density at radius 2 is 2.20 bits per heavy atom. The zero-order valence-corrected chi connectivity index (χ0v) is 8.59. The second-order valence-electron chi connectivity index (χ2n) is 3.31. The quantitative estimate of drug-likeness (QED) is 0.817. The van der Waals surface area contributed by atoms with Gasteiger partial charge in [0, 0.05) is 18.3 Å². The van der Waals surface area contributed by atoms with Gasteiger partial charge in [0.15, 0.2) is 0 Å². The van der Waals surface area contributed by atoms with Crippen molar-refractivity contribution < 1.29 is 0 Å². The fourth-order valence-electron chi connectivity index (χ4n) is 1.42. The number of aryl methyl sites for hydroxylation is 1.